The topological polar surface area (TPSA) is 51.4 Å². The third kappa shape index (κ3) is 2.85. The fraction of sp³-hybridized carbons (Fsp3) is 0.750. The standard InChI is InChI=1S/C8H14ClN3O2/c1-6(9)7-10-11-8(14-7)12(2)4-5-13-3/h6H,4-5H2,1-3H3. The maximum atomic E-state index is 5.79. The zero-order valence-electron chi connectivity index (χ0n) is 8.53. The Kier molecular flexibility index (Phi) is 4.16. The zero-order chi connectivity index (χ0) is 10.6. The van der Waals surface area contributed by atoms with Crippen molar-refractivity contribution in [3.8, 4) is 0 Å². The molecule has 0 aliphatic rings. The maximum absolute atomic E-state index is 5.79. The van der Waals surface area contributed by atoms with Gasteiger partial charge < -0.3 is 14.1 Å². The van der Waals surface area contributed by atoms with Crippen LogP contribution >= 0.6 is 11.6 Å². The highest BCUT2D eigenvalue weighted by molar-refractivity contribution is 6.20. The fourth-order valence-electron chi connectivity index (χ4n) is 0.865. The van der Waals surface area contributed by atoms with Gasteiger partial charge in [0.25, 0.3) is 0 Å². The number of methoxy groups -OCH3 is 1. The summed E-state index contributed by atoms with van der Waals surface area (Å²) < 4.78 is 10.3. The van der Waals surface area contributed by atoms with E-state index in [1.807, 2.05) is 11.9 Å². The van der Waals surface area contributed by atoms with Crippen molar-refractivity contribution in [3.05, 3.63) is 5.89 Å². The van der Waals surface area contributed by atoms with Crippen molar-refractivity contribution in [1.29, 1.82) is 0 Å². The molecule has 0 N–H and O–H groups in total. The van der Waals surface area contributed by atoms with Crippen molar-refractivity contribution in [2.24, 2.45) is 0 Å². The SMILES string of the molecule is COCCN(C)c1nnc(C(C)Cl)o1. The van der Waals surface area contributed by atoms with Crippen LogP contribution in [-0.4, -0.2) is 37.5 Å². The Bertz CT molecular complexity index is 277. The summed E-state index contributed by atoms with van der Waals surface area (Å²) in [6, 6.07) is 0.463. The quantitative estimate of drug-likeness (QED) is 0.702. The van der Waals surface area contributed by atoms with E-state index in [0.29, 0.717) is 25.1 Å². The average Bonchev–Trinajstić information content (AvgIpc) is 2.62. The molecule has 0 saturated carbocycles. The van der Waals surface area contributed by atoms with E-state index in [2.05, 4.69) is 10.2 Å². The number of rotatable bonds is 5. The smallest absolute Gasteiger partial charge is 0.318 e. The lowest BCUT2D eigenvalue weighted by atomic mass is 10.5. The van der Waals surface area contributed by atoms with E-state index in [9.17, 15) is 0 Å². The molecule has 1 rings (SSSR count). The third-order valence-corrected chi connectivity index (χ3v) is 1.91. The molecule has 14 heavy (non-hydrogen) atoms. The molecule has 80 valence electrons. The summed E-state index contributed by atoms with van der Waals surface area (Å²) in [5.41, 5.74) is 0. The molecule has 1 aromatic rings. The number of hydrogen-bond donors (Lipinski definition) is 0. The molecule has 0 saturated heterocycles. The van der Waals surface area contributed by atoms with E-state index in [4.69, 9.17) is 20.8 Å². The molecule has 0 aliphatic carbocycles. The van der Waals surface area contributed by atoms with E-state index in [-0.39, 0.29) is 5.38 Å². The van der Waals surface area contributed by atoms with Crippen molar-refractivity contribution < 1.29 is 9.15 Å². The lowest BCUT2D eigenvalue weighted by molar-refractivity contribution is 0.205. The lowest BCUT2D eigenvalue weighted by Crippen LogP contribution is -2.22. The summed E-state index contributed by atoms with van der Waals surface area (Å²) in [7, 11) is 3.50. The number of ether oxygens (including phenoxy) is 1. The van der Waals surface area contributed by atoms with Crippen LogP contribution in [-0.2, 0) is 4.74 Å². The van der Waals surface area contributed by atoms with Gasteiger partial charge in [0.05, 0.1) is 6.61 Å². The van der Waals surface area contributed by atoms with Gasteiger partial charge in [-0.15, -0.1) is 16.7 Å². The number of halogens is 1. The highest BCUT2D eigenvalue weighted by atomic mass is 35.5. The van der Waals surface area contributed by atoms with Gasteiger partial charge in [-0.25, -0.2) is 0 Å². The number of anilines is 1. The second-order valence-electron chi connectivity index (χ2n) is 2.95. The lowest BCUT2D eigenvalue weighted by Gasteiger charge is -2.12. The number of nitrogens with zero attached hydrogens (tertiary/aromatic N) is 3. The molecule has 0 aliphatic heterocycles. The second kappa shape index (κ2) is 5.17. The van der Waals surface area contributed by atoms with Crippen LogP contribution in [0.3, 0.4) is 0 Å². The monoisotopic (exact) mass is 219 g/mol. The van der Waals surface area contributed by atoms with E-state index in [0.717, 1.165) is 0 Å². The van der Waals surface area contributed by atoms with E-state index < -0.39 is 0 Å². The molecule has 1 aromatic heterocycles. The Morgan fingerprint density at radius 3 is 2.79 bits per heavy atom. The molecule has 0 spiro atoms. The first kappa shape index (κ1) is 11.3. The largest absolute Gasteiger partial charge is 0.406 e. The molecule has 5 nitrogen and oxygen atoms in total. The first-order chi connectivity index (χ1) is 6.65. The van der Waals surface area contributed by atoms with Gasteiger partial charge in [-0.1, -0.05) is 5.10 Å². The zero-order valence-corrected chi connectivity index (χ0v) is 9.28. The van der Waals surface area contributed by atoms with Gasteiger partial charge in [-0.3, -0.25) is 0 Å². The maximum Gasteiger partial charge on any atom is 0.318 e. The van der Waals surface area contributed by atoms with Crippen LogP contribution in [0.1, 0.15) is 18.2 Å². The molecule has 0 amide bonds. The predicted octanol–water partition coefficient (Wildman–Crippen LogP) is 1.45. The van der Waals surface area contributed by atoms with Crippen LogP contribution in [0, 0.1) is 0 Å². The molecule has 1 unspecified atom stereocenters. The second-order valence-corrected chi connectivity index (χ2v) is 3.61. The molecule has 1 heterocycles. The molecular weight excluding hydrogens is 206 g/mol. The molecule has 6 heteroatoms. The van der Waals surface area contributed by atoms with Crippen molar-refractivity contribution in [2.75, 3.05) is 32.2 Å². The van der Waals surface area contributed by atoms with Crippen molar-refractivity contribution in [3.63, 3.8) is 0 Å². The molecule has 0 fully saturated rings. The fourth-order valence-corrected chi connectivity index (χ4v) is 0.953. The number of alkyl halides is 1. The highest BCUT2D eigenvalue weighted by Crippen LogP contribution is 2.20. The predicted molar refractivity (Wildman–Crippen MR) is 53.7 cm³/mol. The summed E-state index contributed by atoms with van der Waals surface area (Å²) in [5.74, 6) is 0.436. The van der Waals surface area contributed by atoms with E-state index in [1.165, 1.54) is 0 Å². The Balaban J connectivity index is 2.57. The third-order valence-electron chi connectivity index (χ3n) is 1.73. The van der Waals surface area contributed by atoms with Gasteiger partial charge in [0.15, 0.2) is 0 Å². The van der Waals surface area contributed by atoms with Crippen molar-refractivity contribution in [2.45, 2.75) is 12.3 Å². The Hall–Kier alpha value is -0.810. The van der Waals surface area contributed by atoms with E-state index in [1.54, 1.807) is 14.0 Å². The van der Waals surface area contributed by atoms with E-state index >= 15 is 0 Å². The minimum Gasteiger partial charge on any atom is -0.406 e. The van der Waals surface area contributed by atoms with Gasteiger partial charge in [0, 0.05) is 20.7 Å². The Morgan fingerprint density at radius 2 is 2.29 bits per heavy atom. The number of hydrogen-bond acceptors (Lipinski definition) is 5. The van der Waals surface area contributed by atoms with Crippen LogP contribution in [0.5, 0.6) is 0 Å². The summed E-state index contributed by atoms with van der Waals surface area (Å²) in [6.07, 6.45) is 0. The first-order valence-corrected chi connectivity index (χ1v) is 4.76. The highest BCUT2D eigenvalue weighted by Gasteiger charge is 2.13. The number of likely N-dealkylation sites (N-methyl/N-ethyl adjacent to an activating group) is 1. The van der Waals surface area contributed by atoms with Gasteiger partial charge >= 0.3 is 6.01 Å². The average molecular weight is 220 g/mol. The summed E-state index contributed by atoms with van der Waals surface area (Å²) in [5, 5.41) is 7.42. The Morgan fingerprint density at radius 1 is 1.57 bits per heavy atom. The normalized spacial score (nSPS) is 12.9. The van der Waals surface area contributed by atoms with Crippen LogP contribution in [0.2, 0.25) is 0 Å². The minimum atomic E-state index is -0.257. The van der Waals surface area contributed by atoms with Crippen LogP contribution < -0.4 is 4.90 Å². The molecule has 0 aromatic carbocycles. The van der Waals surface area contributed by atoms with Crippen LogP contribution in [0.15, 0.2) is 4.42 Å². The Labute approximate surface area is 88.0 Å². The first-order valence-electron chi connectivity index (χ1n) is 4.32. The summed E-state index contributed by atoms with van der Waals surface area (Å²) in [4.78, 5) is 1.82. The number of aromatic nitrogens is 2. The molecule has 0 radical (unpaired) electrons. The molecular formula is C8H14ClN3O2. The summed E-state index contributed by atoms with van der Waals surface area (Å²) in [6.45, 7) is 3.10. The van der Waals surface area contributed by atoms with Gasteiger partial charge in [-0.2, -0.15) is 0 Å². The minimum absolute atomic E-state index is 0.257. The van der Waals surface area contributed by atoms with Gasteiger partial charge in [0.2, 0.25) is 5.89 Å². The van der Waals surface area contributed by atoms with Gasteiger partial charge in [-0.05, 0) is 6.92 Å². The van der Waals surface area contributed by atoms with Crippen LogP contribution in [0.25, 0.3) is 0 Å². The molecule has 1 atom stereocenters. The molecule has 0 bridgehead atoms. The summed E-state index contributed by atoms with van der Waals surface area (Å²) >= 11 is 5.79. The van der Waals surface area contributed by atoms with Gasteiger partial charge in [0.1, 0.15) is 5.38 Å². The van der Waals surface area contributed by atoms with Crippen molar-refractivity contribution in [1.82, 2.24) is 10.2 Å². The van der Waals surface area contributed by atoms with Crippen LogP contribution in [0.4, 0.5) is 6.01 Å². The van der Waals surface area contributed by atoms with Crippen molar-refractivity contribution >= 4 is 17.6 Å².